The summed E-state index contributed by atoms with van der Waals surface area (Å²) in [4.78, 5) is 12.6. The third-order valence-corrected chi connectivity index (χ3v) is 2.33. The molecule has 0 aliphatic heterocycles. The van der Waals surface area contributed by atoms with E-state index in [0.717, 1.165) is 30.9 Å². The molecule has 0 rings (SSSR count). The number of likely N-dealkylation sites (N-methyl/N-ethyl adjacent to an activating group) is 1. The van der Waals surface area contributed by atoms with Crippen LogP contribution >= 0.6 is 0 Å². The van der Waals surface area contributed by atoms with Crippen molar-refractivity contribution in [2.24, 2.45) is 0 Å². The second kappa shape index (κ2) is 8.97. The monoisotopic (exact) mass is 225 g/mol. The highest BCUT2D eigenvalue weighted by atomic mass is 16.1. The third kappa shape index (κ3) is 6.24. The predicted molar refractivity (Wildman–Crippen MR) is 67.9 cm³/mol. The molecule has 0 aromatic carbocycles. The summed E-state index contributed by atoms with van der Waals surface area (Å²) in [6.07, 6.45) is 4.76. The number of hydrogen-bond donors (Lipinski definition) is 2. The molecule has 0 bridgehead atoms. The minimum atomic E-state index is 0.701. The number of carbonyl (C=O) groups excluding carboxylic acids is 1. The van der Waals surface area contributed by atoms with Crippen LogP contribution in [-0.4, -0.2) is 38.0 Å². The van der Waals surface area contributed by atoms with Gasteiger partial charge in [0.1, 0.15) is 0 Å². The molecule has 4 heteroatoms. The molecular weight excluding hydrogens is 202 g/mol. The Morgan fingerprint density at radius 2 is 2.00 bits per heavy atom. The van der Waals surface area contributed by atoms with Gasteiger partial charge in [-0.1, -0.05) is 6.92 Å². The first-order valence-electron chi connectivity index (χ1n) is 5.61. The number of allylic oxidation sites excluding steroid dienone is 4. The first-order valence-corrected chi connectivity index (χ1v) is 5.61. The van der Waals surface area contributed by atoms with Crippen LogP contribution < -0.4 is 10.6 Å². The van der Waals surface area contributed by atoms with Gasteiger partial charge in [-0.2, -0.15) is 0 Å². The number of carbonyl (C=O) groups is 1. The van der Waals surface area contributed by atoms with Crippen molar-refractivity contribution in [1.29, 1.82) is 0 Å². The Balaban J connectivity index is 4.29. The van der Waals surface area contributed by atoms with Crippen LogP contribution in [0.15, 0.2) is 23.5 Å². The van der Waals surface area contributed by atoms with Crippen molar-refractivity contribution in [3.8, 4) is 0 Å². The lowest BCUT2D eigenvalue weighted by molar-refractivity contribution is -0.116. The minimum Gasteiger partial charge on any atom is -0.392 e. The molecule has 0 radical (unpaired) electrons. The molecule has 0 unspecified atom stereocenters. The molecule has 0 heterocycles. The van der Waals surface area contributed by atoms with E-state index in [1.807, 2.05) is 40.0 Å². The lowest BCUT2D eigenvalue weighted by Crippen LogP contribution is -2.29. The van der Waals surface area contributed by atoms with Crippen LogP contribution in [0.4, 0.5) is 0 Å². The van der Waals surface area contributed by atoms with Gasteiger partial charge < -0.3 is 15.5 Å². The van der Waals surface area contributed by atoms with Gasteiger partial charge >= 0.3 is 0 Å². The first kappa shape index (κ1) is 14.7. The van der Waals surface area contributed by atoms with Gasteiger partial charge in [0.25, 0.3) is 0 Å². The Bertz CT molecular complexity index is 259. The summed E-state index contributed by atoms with van der Waals surface area (Å²) in [5.41, 5.74) is 2.01. The van der Waals surface area contributed by atoms with Gasteiger partial charge in [-0.3, -0.25) is 4.79 Å². The highest BCUT2D eigenvalue weighted by molar-refractivity contribution is 5.51. The average Bonchev–Trinajstić information content (AvgIpc) is 2.31. The molecule has 1 amide bonds. The maximum Gasteiger partial charge on any atom is 0.213 e. The molecule has 92 valence electrons. The van der Waals surface area contributed by atoms with Crippen LogP contribution in [0.25, 0.3) is 0 Å². The van der Waals surface area contributed by atoms with Gasteiger partial charge in [-0.25, -0.2) is 0 Å². The van der Waals surface area contributed by atoms with E-state index in [0.29, 0.717) is 6.54 Å². The van der Waals surface area contributed by atoms with Crippen molar-refractivity contribution in [2.75, 3.05) is 26.7 Å². The van der Waals surface area contributed by atoms with Gasteiger partial charge in [0.05, 0.1) is 0 Å². The molecule has 0 fully saturated rings. The molecule has 0 aromatic heterocycles. The van der Waals surface area contributed by atoms with E-state index in [-0.39, 0.29) is 0 Å². The Morgan fingerprint density at radius 3 is 2.50 bits per heavy atom. The maximum absolute atomic E-state index is 10.9. The molecule has 16 heavy (non-hydrogen) atoms. The topological polar surface area (TPSA) is 44.4 Å². The minimum absolute atomic E-state index is 0.701. The van der Waals surface area contributed by atoms with Crippen LogP contribution in [0.3, 0.4) is 0 Å². The zero-order chi connectivity index (χ0) is 12.4. The van der Waals surface area contributed by atoms with Crippen molar-refractivity contribution < 1.29 is 4.79 Å². The highest BCUT2D eigenvalue weighted by Gasteiger charge is 2.01. The first-order chi connectivity index (χ1) is 7.65. The summed E-state index contributed by atoms with van der Waals surface area (Å²) in [7, 11) is 1.87. The molecule has 0 aliphatic rings. The number of rotatable bonds is 8. The van der Waals surface area contributed by atoms with Crippen molar-refractivity contribution in [1.82, 2.24) is 15.5 Å². The Hall–Kier alpha value is -1.29. The van der Waals surface area contributed by atoms with Gasteiger partial charge in [0, 0.05) is 31.5 Å². The quantitative estimate of drug-likeness (QED) is 0.369. The zero-order valence-electron chi connectivity index (χ0n) is 10.7. The summed E-state index contributed by atoms with van der Waals surface area (Å²) >= 11 is 0. The van der Waals surface area contributed by atoms with Crippen LogP contribution in [0.2, 0.25) is 0 Å². The third-order valence-electron chi connectivity index (χ3n) is 2.33. The lowest BCUT2D eigenvalue weighted by Gasteiger charge is -2.17. The van der Waals surface area contributed by atoms with Crippen LogP contribution in [0, 0.1) is 0 Å². The molecule has 0 saturated carbocycles. The van der Waals surface area contributed by atoms with Crippen molar-refractivity contribution in [3.63, 3.8) is 0 Å². The standard InChI is InChI=1S/C12H23N3O/c1-5-14-8-9-15(10-16)12(3)7-6-11(2)13-4/h6-7,10,13-14H,5,8-9H2,1-4H3/b11-6-,12-7+. The SMILES string of the molecule is CCNCCN(C=O)/C(C)=C/C=C(/C)NC. The van der Waals surface area contributed by atoms with Crippen molar-refractivity contribution in [3.05, 3.63) is 23.5 Å². The fourth-order valence-electron chi connectivity index (χ4n) is 1.11. The van der Waals surface area contributed by atoms with Crippen LogP contribution in [0.5, 0.6) is 0 Å². The second-order valence-electron chi connectivity index (χ2n) is 3.56. The number of hydrogen-bond acceptors (Lipinski definition) is 3. The van der Waals surface area contributed by atoms with E-state index in [2.05, 4.69) is 10.6 Å². The van der Waals surface area contributed by atoms with Crippen molar-refractivity contribution >= 4 is 6.41 Å². The van der Waals surface area contributed by atoms with Gasteiger partial charge in [-0.15, -0.1) is 0 Å². The molecule has 0 aromatic rings. The fraction of sp³-hybridized carbons (Fsp3) is 0.583. The largest absolute Gasteiger partial charge is 0.392 e. The van der Waals surface area contributed by atoms with Crippen molar-refractivity contribution in [2.45, 2.75) is 20.8 Å². The summed E-state index contributed by atoms with van der Waals surface area (Å²) in [5.74, 6) is 0. The molecule has 0 saturated heterocycles. The van der Waals surface area contributed by atoms with Gasteiger partial charge in [0.15, 0.2) is 0 Å². The Labute approximate surface area is 98.4 Å². The van der Waals surface area contributed by atoms with Gasteiger partial charge in [-0.05, 0) is 32.5 Å². The molecular formula is C12H23N3O. The zero-order valence-corrected chi connectivity index (χ0v) is 10.7. The Morgan fingerprint density at radius 1 is 1.31 bits per heavy atom. The highest BCUT2D eigenvalue weighted by Crippen LogP contribution is 2.01. The molecule has 0 spiro atoms. The lowest BCUT2D eigenvalue weighted by atomic mass is 10.3. The van der Waals surface area contributed by atoms with E-state index >= 15 is 0 Å². The predicted octanol–water partition coefficient (Wildman–Crippen LogP) is 1.08. The average molecular weight is 225 g/mol. The maximum atomic E-state index is 10.9. The summed E-state index contributed by atoms with van der Waals surface area (Å²) < 4.78 is 0. The van der Waals surface area contributed by atoms with E-state index in [1.165, 1.54) is 0 Å². The van der Waals surface area contributed by atoms with E-state index < -0.39 is 0 Å². The summed E-state index contributed by atoms with van der Waals surface area (Å²) in [6, 6.07) is 0. The van der Waals surface area contributed by atoms with E-state index in [1.54, 1.807) is 4.90 Å². The number of nitrogens with one attached hydrogen (secondary N) is 2. The molecule has 4 nitrogen and oxygen atoms in total. The van der Waals surface area contributed by atoms with E-state index in [9.17, 15) is 4.79 Å². The number of nitrogens with zero attached hydrogens (tertiary/aromatic N) is 1. The summed E-state index contributed by atoms with van der Waals surface area (Å²) in [6.45, 7) is 8.40. The van der Waals surface area contributed by atoms with Crippen LogP contribution in [0.1, 0.15) is 20.8 Å². The summed E-state index contributed by atoms with van der Waals surface area (Å²) in [5, 5.41) is 6.22. The molecule has 2 N–H and O–H groups in total. The normalized spacial score (nSPS) is 12.5. The second-order valence-corrected chi connectivity index (χ2v) is 3.56. The Kier molecular flexibility index (Phi) is 8.25. The number of amides is 1. The smallest absolute Gasteiger partial charge is 0.213 e. The van der Waals surface area contributed by atoms with Crippen LogP contribution in [-0.2, 0) is 4.79 Å². The van der Waals surface area contributed by atoms with E-state index in [4.69, 9.17) is 0 Å². The molecule has 0 atom stereocenters. The fourth-order valence-corrected chi connectivity index (χ4v) is 1.11. The van der Waals surface area contributed by atoms with Gasteiger partial charge in [0.2, 0.25) is 6.41 Å². The molecule has 0 aliphatic carbocycles.